The molecule has 0 heterocycles. The SMILES string of the molecule is C=CC(=O)OCCOc1ccc(OC(=O)c2ccc(C(=O)N[C@H](C)c3cccc4ccccc34)cc2)cc1. The van der Waals surface area contributed by atoms with Gasteiger partial charge in [-0.25, -0.2) is 9.59 Å². The Morgan fingerprint density at radius 2 is 1.47 bits per heavy atom. The first-order valence-electron chi connectivity index (χ1n) is 12.1. The largest absolute Gasteiger partial charge is 0.490 e. The molecule has 0 radical (unpaired) electrons. The third kappa shape index (κ3) is 6.64. The maximum atomic E-state index is 12.8. The number of fused-ring (bicyclic) bond motifs is 1. The summed E-state index contributed by atoms with van der Waals surface area (Å²) in [6.45, 7) is 5.54. The van der Waals surface area contributed by atoms with E-state index >= 15 is 0 Å². The molecule has 0 aromatic heterocycles. The molecule has 1 amide bonds. The van der Waals surface area contributed by atoms with Crippen molar-refractivity contribution >= 4 is 28.6 Å². The normalized spacial score (nSPS) is 11.3. The molecule has 4 rings (SSSR count). The second kappa shape index (κ2) is 12.4. The van der Waals surface area contributed by atoms with Crippen LogP contribution in [0.15, 0.2) is 104 Å². The van der Waals surface area contributed by atoms with E-state index in [9.17, 15) is 14.4 Å². The van der Waals surface area contributed by atoms with Crippen LogP contribution in [0.4, 0.5) is 0 Å². The second-order valence-electron chi connectivity index (χ2n) is 8.42. The highest BCUT2D eigenvalue weighted by Crippen LogP contribution is 2.24. The fourth-order valence-electron chi connectivity index (χ4n) is 3.87. The molecule has 0 spiro atoms. The van der Waals surface area contributed by atoms with Crippen LogP contribution in [0.1, 0.15) is 39.2 Å². The molecule has 0 fully saturated rings. The number of esters is 2. The number of hydrogen-bond donors (Lipinski definition) is 1. The number of nitrogens with one attached hydrogen (secondary N) is 1. The Labute approximate surface area is 220 Å². The standard InChI is InChI=1S/C31H27NO6/c1-3-29(33)37-20-19-36-25-15-17-26(18-16-25)38-31(35)24-13-11-23(12-14-24)30(34)32-21(2)27-10-6-8-22-7-4-5-9-28(22)27/h3-18,21H,1,19-20H2,2H3,(H,32,34)/t21-/m1/s1. The summed E-state index contributed by atoms with van der Waals surface area (Å²) >= 11 is 0. The highest BCUT2D eigenvalue weighted by Gasteiger charge is 2.15. The van der Waals surface area contributed by atoms with Gasteiger partial charge in [0.1, 0.15) is 24.7 Å². The topological polar surface area (TPSA) is 90.9 Å². The van der Waals surface area contributed by atoms with Gasteiger partial charge in [0.2, 0.25) is 0 Å². The zero-order valence-electron chi connectivity index (χ0n) is 20.9. The van der Waals surface area contributed by atoms with Gasteiger partial charge in [-0.15, -0.1) is 0 Å². The summed E-state index contributed by atoms with van der Waals surface area (Å²) in [5.74, 6) is -0.426. The van der Waals surface area contributed by atoms with E-state index in [1.54, 1.807) is 48.5 Å². The van der Waals surface area contributed by atoms with Crippen LogP contribution in [0.5, 0.6) is 11.5 Å². The van der Waals surface area contributed by atoms with Crippen LogP contribution in [-0.4, -0.2) is 31.1 Å². The summed E-state index contributed by atoms with van der Waals surface area (Å²) in [7, 11) is 0. The minimum absolute atomic E-state index is 0.0949. The van der Waals surface area contributed by atoms with E-state index in [2.05, 4.69) is 11.9 Å². The first-order chi connectivity index (χ1) is 18.4. The minimum atomic E-state index is -0.550. The molecule has 38 heavy (non-hydrogen) atoms. The number of carbonyl (C=O) groups excluding carboxylic acids is 3. The summed E-state index contributed by atoms with van der Waals surface area (Å²) in [6, 6.07) is 26.7. The predicted octanol–water partition coefficient (Wildman–Crippen LogP) is 5.66. The second-order valence-corrected chi connectivity index (χ2v) is 8.42. The van der Waals surface area contributed by atoms with Crippen molar-refractivity contribution in [2.45, 2.75) is 13.0 Å². The number of ether oxygens (including phenoxy) is 3. The van der Waals surface area contributed by atoms with Crippen molar-refractivity contribution in [3.63, 3.8) is 0 Å². The Bertz CT molecular complexity index is 1440. The molecule has 0 saturated carbocycles. The molecule has 4 aromatic carbocycles. The molecule has 1 N–H and O–H groups in total. The molecule has 7 nitrogen and oxygen atoms in total. The summed E-state index contributed by atoms with van der Waals surface area (Å²) in [6.07, 6.45) is 1.08. The van der Waals surface area contributed by atoms with Gasteiger partial charge in [-0.05, 0) is 71.8 Å². The van der Waals surface area contributed by atoms with Gasteiger partial charge in [0, 0.05) is 11.6 Å². The van der Waals surface area contributed by atoms with E-state index in [1.165, 1.54) is 0 Å². The van der Waals surface area contributed by atoms with E-state index < -0.39 is 11.9 Å². The van der Waals surface area contributed by atoms with Gasteiger partial charge in [-0.1, -0.05) is 49.0 Å². The number of rotatable bonds is 10. The first kappa shape index (κ1) is 26.2. The van der Waals surface area contributed by atoms with Crippen molar-refractivity contribution in [1.82, 2.24) is 5.32 Å². The molecule has 0 aliphatic heterocycles. The van der Waals surface area contributed by atoms with Crippen LogP contribution in [0.25, 0.3) is 10.8 Å². The third-order valence-corrected chi connectivity index (χ3v) is 5.82. The summed E-state index contributed by atoms with van der Waals surface area (Å²) in [4.78, 5) is 36.4. The van der Waals surface area contributed by atoms with Gasteiger partial charge >= 0.3 is 11.9 Å². The number of amides is 1. The molecule has 1 atom stereocenters. The van der Waals surface area contributed by atoms with Gasteiger partial charge in [0.15, 0.2) is 0 Å². The fourth-order valence-corrected chi connectivity index (χ4v) is 3.87. The van der Waals surface area contributed by atoms with Crippen molar-refractivity contribution in [3.05, 3.63) is 120 Å². The summed E-state index contributed by atoms with van der Waals surface area (Å²) in [5.41, 5.74) is 1.78. The molecule has 0 unspecified atom stereocenters. The van der Waals surface area contributed by atoms with Crippen LogP contribution < -0.4 is 14.8 Å². The molecule has 0 aliphatic rings. The molecule has 0 aliphatic carbocycles. The highest BCUT2D eigenvalue weighted by atomic mass is 16.6. The molecular formula is C31H27NO6. The average molecular weight is 510 g/mol. The average Bonchev–Trinajstić information content (AvgIpc) is 2.95. The predicted molar refractivity (Wildman–Crippen MR) is 144 cm³/mol. The molecular weight excluding hydrogens is 482 g/mol. The van der Waals surface area contributed by atoms with Crippen molar-refractivity contribution in [2.75, 3.05) is 13.2 Å². The number of hydrogen-bond acceptors (Lipinski definition) is 6. The van der Waals surface area contributed by atoms with Crippen LogP contribution in [0.3, 0.4) is 0 Å². The minimum Gasteiger partial charge on any atom is -0.490 e. The van der Waals surface area contributed by atoms with Crippen LogP contribution in [0, 0.1) is 0 Å². The fraction of sp³-hybridized carbons (Fsp3) is 0.129. The van der Waals surface area contributed by atoms with E-state index in [0.717, 1.165) is 22.4 Å². The first-order valence-corrected chi connectivity index (χ1v) is 12.1. The number of carbonyl (C=O) groups is 3. The lowest BCUT2D eigenvalue weighted by Gasteiger charge is -2.17. The summed E-state index contributed by atoms with van der Waals surface area (Å²) < 4.78 is 15.7. The van der Waals surface area contributed by atoms with Crippen LogP contribution >= 0.6 is 0 Å². The molecule has 0 bridgehead atoms. The van der Waals surface area contributed by atoms with Gasteiger partial charge in [-0.3, -0.25) is 4.79 Å². The number of benzene rings is 4. The van der Waals surface area contributed by atoms with Crippen molar-refractivity contribution in [3.8, 4) is 11.5 Å². The third-order valence-electron chi connectivity index (χ3n) is 5.82. The maximum Gasteiger partial charge on any atom is 0.343 e. The van der Waals surface area contributed by atoms with Crippen LogP contribution in [-0.2, 0) is 9.53 Å². The van der Waals surface area contributed by atoms with E-state index in [0.29, 0.717) is 22.6 Å². The lowest BCUT2D eigenvalue weighted by molar-refractivity contribution is -0.138. The van der Waals surface area contributed by atoms with Crippen molar-refractivity contribution in [2.24, 2.45) is 0 Å². The van der Waals surface area contributed by atoms with Gasteiger partial charge in [0.05, 0.1) is 11.6 Å². The van der Waals surface area contributed by atoms with Crippen LogP contribution in [0.2, 0.25) is 0 Å². The Hall–Kier alpha value is -4.91. The van der Waals surface area contributed by atoms with Crippen molar-refractivity contribution < 1.29 is 28.6 Å². The van der Waals surface area contributed by atoms with E-state index in [4.69, 9.17) is 14.2 Å². The van der Waals surface area contributed by atoms with Gasteiger partial charge in [0.25, 0.3) is 5.91 Å². The monoisotopic (exact) mass is 509 g/mol. The van der Waals surface area contributed by atoms with Gasteiger partial charge in [-0.2, -0.15) is 0 Å². The quantitative estimate of drug-likeness (QED) is 0.128. The Kier molecular flexibility index (Phi) is 8.51. The van der Waals surface area contributed by atoms with E-state index in [-0.39, 0.29) is 25.2 Å². The Balaban J connectivity index is 1.31. The molecule has 192 valence electrons. The van der Waals surface area contributed by atoms with Crippen molar-refractivity contribution in [1.29, 1.82) is 0 Å². The lowest BCUT2D eigenvalue weighted by Crippen LogP contribution is -2.26. The highest BCUT2D eigenvalue weighted by molar-refractivity contribution is 5.97. The van der Waals surface area contributed by atoms with Gasteiger partial charge < -0.3 is 19.5 Å². The zero-order valence-corrected chi connectivity index (χ0v) is 20.9. The molecule has 0 saturated heterocycles. The molecule has 4 aromatic rings. The zero-order chi connectivity index (χ0) is 26.9. The van der Waals surface area contributed by atoms with E-state index in [1.807, 2.05) is 49.4 Å². The Morgan fingerprint density at radius 3 is 2.21 bits per heavy atom. The molecule has 7 heteroatoms. The Morgan fingerprint density at radius 1 is 0.816 bits per heavy atom. The lowest BCUT2D eigenvalue weighted by atomic mass is 9.99. The smallest absolute Gasteiger partial charge is 0.343 e. The summed E-state index contributed by atoms with van der Waals surface area (Å²) in [5, 5.41) is 5.23. The maximum absolute atomic E-state index is 12.8.